The van der Waals surface area contributed by atoms with Gasteiger partial charge >= 0.3 is 0 Å². The van der Waals surface area contributed by atoms with Crippen LogP contribution in [0.3, 0.4) is 0 Å². The van der Waals surface area contributed by atoms with E-state index >= 15 is 0 Å². The van der Waals surface area contributed by atoms with E-state index in [0.717, 1.165) is 30.9 Å². The highest BCUT2D eigenvalue weighted by molar-refractivity contribution is 9.10. The van der Waals surface area contributed by atoms with Crippen LogP contribution >= 0.6 is 15.9 Å². The lowest BCUT2D eigenvalue weighted by atomic mass is 9.88. The second-order valence-corrected chi connectivity index (χ2v) is 16.5. The number of likely N-dealkylation sites (N-methyl/N-ethyl adjacent to an activating group) is 1. The lowest BCUT2D eigenvalue weighted by molar-refractivity contribution is -0.0360. The van der Waals surface area contributed by atoms with Gasteiger partial charge in [0.15, 0.2) is 9.84 Å². The van der Waals surface area contributed by atoms with E-state index in [0.29, 0.717) is 56.6 Å². The molecule has 260 valence electrons. The highest BCUT2D eigenvalue weighted by Crippen LogP contribution is 2.39. The van der Waals surface area contributed by atoms with E-state index in [1.807, 2.05) is 6.07 Å². The van der Waals surface area contributed by atoms with Gasteiger partial charge in [-0.05, 0) is 78.8 Å². The second kappa shape index (κ2) is 14.0. The summed E-state index contributed by atoms with van der Waals surface area (Å²) in [6.07, 6.45) is 11.9. The minimum absolute atomic E-state index is 0.197. The van der Waals surface area contributed by atoms with Crippen molar-refractivity contribution in [3.63, 3.8) is 0 Å². The molecule has 4 fully saturated rings. The van der Waals surface area contributed by atoms with Crippen LogP contribution in [0.2, 0.25) is 0 Å². The number of benzene rings is 2. The summed E-state index contributed by atoms with van der Waals surface area (Å²) in [6.45, 7) is 6.67. The molecule has 14 heteroatoms. The maximum Gasteiger partial charge on any atom is 0.229 e. The first-order valence-corrected chi connectivity index (χ1v) is 19.8. The number of aromatic nitrogens is 4. The van der Waals surface area contributed by atoms with E-state index in [-0.39, 0.29) is 5.75 Å². The molecule has 2 unspecified atom stereocenters. The van der Waals surface area contributed by atoms with Crippen molar-refractivity contribution in [3.05, 3.63) is 58.5 Å². The number of fused-ring (bicyclic) bond motifs is 4. The number of ether oxygens (including phenoxy) is 1. The van der Waals surface area contributed by atoms with E-state index in [1.54, 1.807) is 31.8 Å². The first-order valence-electron chi connectivity index (χ1n) is 17.0. The van der Waals surface area contributed by atoms with E-state index in [2.05, 4.69) is 82.3 Å². The Hall–Kier alpha value is -3.59. The second-order valence-electron chi connectivity index (χ2n) is 13.5. The zero-order chi connectivity index (χ0) is 34.3. The van der Waals surface area contributed by atoms with Gasteiger partial charge in [-0.25, -0.2) is 13.4 Å². The Morgan fingerprint density at radius 2 is 1.73 bits per heavy atom. The molecule has 0 saturated carbocycles. The topological polar surface area (TPSA) is 129 Å². The Labute approximate surface area is 296 Å². The van der Waals surface area contributed by atoms with Crippen molar-refractivity contribution in [2.75, 3.05) is 62.1 Å². The van der Waals surface area contributed by atoms with Gasteiger partial charge in [-0.1, -0.05) is 6.92 Å². The SMILES string of the molecule is CCc1cc(Nc2ncc(Br)c(Nc3ccc4nccnc4c3CS(C)(=O)=O)n2)c(OC)cc1N1CCC(N2CC3CCC2CN3C)CC1. The summed E-state index contributed by atoms with van der Waals surface area (Å²) >= 11 is 3.56. The van der Waals surface area contributed by atoms with Crippen LogP contribution in [-0.2, 0) is 22.0 Å². The summed E-state index contributed by atoms with van der Waals surface area (Å²) in [5, 5.41) is 6.69. The number of hydrogen-bond acceptors (Lipinski definition) is 12. The smallest absolute Gasteiger partial charge is 0.229 e. The van der Waals surface area contributed by atoms with E-state index in [1.165, 1.54) is 56.3 Å². The standard InChI is InChI=1S/C35H44BrN9O3S/c1-5-22-16-30(32(48-3)17-31(22)44-14-10-23(11-15-44)45-20-24-6-7-25(45)19-43(24)2)41-35-39-18-27(36)34(42-35)40-28-8-9-29-33(38-13-12-37-29)26(28)21-49(4,46)47/h8-9,12-13,16-18,23-25H,5-7,10-11,14-15,19-21H2,1-4H3,(H2,39,40,41,42). The average molecular weight is 751 g/mol. The van der Waals surface area contributed by atoms with Crippen molar-refractivity contribution in [2.45, 2.75) is 62.9 Å². The summed E-state index contributed by atoms with van der Waals surface area (Å²) < 4.78 is 31.3. The maximum absolute atomic E-state index is 12.4. The largest absolute Gasteiger partial charge is 0.494 e. The molecule has 2 N–H and O–H groups in total. The minimum Gasteiger partial charge on any atom is -0.494 e. The molecule has 2 bridgehead atoms. The molecule has 2 atom stereocenters. The normalized spacial score (nSPS) is 20.6. The number of piperidine rings is 3. The average Bonchev–Trinajstić information content (AvgIpc) is 3.10. The number of hydrogen-bond donors (Lipinski definition) is 2. The van der Waals surface area contributed by atoms with Crippen LogP contribution in [0.15, 0.2) is 47.3 Å². The number of sulfone groups is 1. The quantitative estimate of drug-likeness (QED) is 0.212. The van der Waals surface area contributed by atoms with Gasteiger partial charge in [0, 0.05) is 92.2 Å². The molecule has 4 saturated heterocycles. The van der Waals surface area contributed by atoms with Crippen LogP contribution in [0, 0.1) is 0 Å². The van der Waals surface area contributed by atoms with Gasteiger partial charge in [-0.3, -0.25) is 14.9 Å². The Balaban J connectivity index is 1.10. The predicted octanol–water partition coefficient (Wildman–Crippen LogP) is 5.53. The molecule has 0 amide bonds. The van der Waals surface area contributed by atoms with E-state index in [4.69, 9.17) is 9.72 Å². The summed E-state index contributed by atoms with van der Waals surface area (Å²) in [5.74, 6) is 1.36. The molecule has 2 aromatic carbocycles. The van der Waals surface area contributed by atoms with Gasteiger partial charge in [0.2, 0.25) is 5.95 Å². The first kappa shape index (κ1) is 33.9. The third-order valence-corrected chi connectivity index (χ3v) is 11.7. The summed E-state index contributed by atoms with van der Waals surface area (Å²) in [7, 11) is 0.607. The minimum atomic E-state index is -3.37. The Morgan fingerprint density at radius 3 is 2.43 bits per heavy atom. The molecular weight excluding hydrogens is 706 g/mol. The van der Waals surface area contributed by atoms with Crippen molar-refractivity contribution in [3.8, 4) is 5.75 Å². The molecule has 2 aromatic heterocycles. The lowest BCUT2D eigenvalue weighted by Crippen LogP contribution is -2.64. The third-order valence-electron chi connectivity index (χ3n) is 10.3. The van der Waals surface area contributed by atoms with Crippen LogP contribution in [0.1, 0.15) is 43.7 Å². The molecule has 6 heterocycles. The number of methoxy groups -OCH3 is 1. The van der Waals surface area contributed by atoms with Crippen LogP contribution in [0.5, 0.6) is 5.75 Å². The molecule has 49 heavy (non-hydrogen) atoms. The van der Waals surface area contributed by atoms with Gasteiger partial charge in [0.1, 0.15) is 11.6 Å². The highest BCUT2D eigenvalue weighted by Gasteiger charge is 2.41. The number of nitrogens with zero attached hydrogens (tertiary/aromatic N) is 7. The molecule has 12 nitrogen and oxygen atoms in total. The van der Waals surface area contributed by atoms with Crippen LogP contribution in [0.4, 0.5) is 28.8 Å². The predicted molar refractivity (Wildman–Crippen MR) is 198 cm³/mol. The first-order chi connectivity index (χ1) is 23.6. The molecular formula is C35H44BrN9O3S. The number of aryl methyl sites for hydroxylation is 1. The van der Waals surface area contributed by atoms with Gasteiger partial charge in [-0.2, -0.15) is 4.98 Å². The van der Waals surface area contributed by atoms with Gasteiger partial charge in [0.05, 0.1) is 34.1 Å². The molecule has 4 aromatic rings. The van der Waals surface area contributed by atoms with E-state index < -0.39 is 9.84 Å². The Morgan fingerprint density at radius 1 is 0.959 bits per heavy atom. The number of anilines is 5. The van der Waals surface area contributed by atoms with Gasteiger partial charge < -0.3 is 25.2 Å². The molecule has 0 aliphatic carbocycles. The fourth-order valence-electron chi connectivity index (χ4n) is 7.80. The number of nitrogens with one attached hydrogen (secondary N) is 2. The third kappa shape index (κ3) is 7.19. The molecule has 4 aliphatic rings. The fraction of sp³-hybridized carbons (Fsp3) is 0.486. The van der Waals surface area contributed by atoms with E-state index in [9.17, 15) is 8.42 Å². The van der Waals surface area contributed by atoms with Gasteiger partial charge in [-0.15, -0.1) is 0 Å². The van der Waals surface area contributed by atoms with Crippen molar-refractivity contribution in [1.82, 2.24) is 29.7 Å². The fourth-order valence-corrected chi connectivity index (χ4v) is 8.90. The van der Waals surface area contributed by atoms with Crippen LogP contribution in [-0.4, -0.2) is 103 Å². The number of halogens is 1. The molecule has 4 aliphatic heterocycles. The van der Waals surface area contributed by atoms with Crippen molar-refractivity contribution < 1.29 is 13.2 Å². The summed E-state index contributed by atoms with van der Waals surface area (Å²) in [4.78, 5) is 26.0. The lowest BCUT2D eigenvalue weighted by Gasteiger charge is -2.54. The molecule has 0 spiro atoms. The number of piperazine rings is 1. The summed E-state index contributed by atoms with van der Waals surface area (Å²) in [5.41, 5.74) is 5.47. The Kier molecular flexibility index (Phi) is 9.66. The molecule has 8 rings (SSSR count). The van der Waals surface area contributed by atoms with Crippen LogP contribution in [0.25, 0.3) is 11.0 Å². The highest BCUT2D eigenvalue weighted by atomic mass is 79.9. The van der Waals surface area contributed by atoms with Crippen molar-refractivity contribution in [1.29, 1.82) is 0 Å². The van der Waals surface area contributed by atoms with Crippen molar-refractivity contribution in [2.24, 2.45) is 0 Å². The van der Waals surface area contributed by atoms with Gasteiger partial charge in [0.25, 0.3) is 0 Å². The zero-order valence-electron chi connectivity index (χ0n) is 28.5. The zero-order valence-corrected chi connectivity index (χ0v) is 30.9. The van der Waals surface area contributed by atoms with Crippen LogP contribution < -0.4 is 20.3 Å². The van der Waals surface area contributed by atoms with Crippen molar-refractivity contribution >= 4 is 65.6 Å². The molecule has 0 radical (unpaired) electrons. The maximum atomic E-state index is 12.4. The summed E-state index contributed by atoms with van der Waals surface area (Å²) in [6, 6.07) is 9.97. The Bertz CT molecular complexity index is 1950. The number of rotatable bonds is 10. The monoisotopic (exact) mass is 749 g/mol.